The van der Waals surface area contributed by atoms with Crippen LogP contribution in [0.25, 0.3) is 0 Å². The summed E-state index contributed by atoms with van der Waals surface area (Å²) in [6.07, 6.45) is 5.66. The molecular formula is C13H16BrN2O2+. The van der Waals surface area contributed by atoms with Gasteiger partial charge < -0.3 is 4.74 Å². The monoisotopic (exact) mass is 311 g/mol. The largest absolute Gasteiger partial charge is 0.497 e. The van der Waals surface area contributed by atoms with Crippen LogP contribution in [0.4, 0.5) is 0 Å². The van der Waals surface area contributed by atoms with Gasteiger partial charge in [0.25, 0.3) is 0 Å². The van der Waals surface area contributed by atoms with E-state index in [1.807, 2.05) is 34.9 Å². The summed E-state index contributed by atoms with van der Waals surface area (Å²) in [6.45, 7) is 0.354. The standard InChI is InChI=1S/C13H15N2O2.BrH/c1-14-7-8-15(10-14)9-13(16)11-3-5-12(17-2)6-4-11;/h3-8,10H,9H2,1-2H3;1H/q+1;. The van der Waals surface area contributed by atoms with E-state index in [9.17, 15) is 4.79 Å². The maximum Gasteiger partial charge on any atom is 0.243 e. The number of benzene rings is 1. The summed E-state index contributed by atoms with van der Waals surface area (Å²) in [4.78, 5) is 12.0. The fourth-order valence-corrected chi connectivity index (χ4v) is 1.63. The predicted octanol–water partition coefficient (Wildman–Crippen LogP) is 1.78. The SMILES string of the molecule is Br.COc1ccc(C(=O)Cn2cc[n+](C)c2)cc1. The summed E-state index contributed by atoms with van der Waals surface area (Å²) in [7, 11) is 3.53. The molecule has 1 aromatic heterocycles. The average Bonchev–Trinajstić information content (AvgIpc) is 2.75. The van der Waals surface area contributed by atoms with E-state index in [0.29, 0.717) is 12.1 Å². The second-order valence-corrected chi connectivity index (χ2v) is 3.90. The third-order valence-electron chi connectivity index (χ3n) is 2.56. The summed E-state index contributed by atoms with van der Waals surface area (Å²) < 4.78 is 8.81. The molecule has 18 heavy (non-hydrogen) atoms. The van der Waals surface area contributed by atoms with Crippen LogP contribution in [-0.2, 0) is 13.6 Å². The molecule has 0 aliphatic carbocycles. The quantitative estimate of drug-likeness (QED) is 0.637. The fourth-order valence-electron chi connectivity index (χ4n) is 1.63. The minimum Gasteiger partial charge on any atom is -0.497 e. The minimum atomic E-state index is 0. The number of carbonyl (C=O) groups excluding carboxylic acids is 1. The van der Waals surface area contributed by atoms with E-state index in [-0.39, 0.29) is 22.8 Å². The van der Waals surface area contributed by atoms with Crippen molar-refractivity contribution in [3.05, 3.63) is 48.5 Å². The van der Waals surface area contributed by atoms with Crippen LogP contribution < -0.4 is 9.30 Å². The van der Waals surface area contributed by atoms with Crippen LogP contribution in [0.5, 0.6) is 5.75 Å². The van der Waals surface area contributed by atoms with Gasteiger partial charge in [-0.2, -0.15) is 0 Å². The van der Waals surface area contributed by atoms with Crippen LogP contribution >= 0.6 is 17.0 Å². The number of ketones is 1. The van der Waals surface area contributed by atoms with Gasteiger partial charge in [-0.25, -0.2) is 9.13 Å². The first kappa shape index (κ1) is 14.4. The second-order valence-electron chi connectivity index (χ2n) is 3.90. The number of carbonyl (C=O) groups is 1. The highest BCUT2D eigenvalue weighted by Gasteiger charge is 2.10. The van der Waals surface area contributed by atoms with Gasteiger partial charge in [-0.15, -0.1) is 17.0 Å². The molecule has 0 bridgehead atoms. The molecule has 0 fully saturated rings. The van der Waals surface area contributed by atoms with Crippen LogP contribution in [0.15, 0.2) is 43.0 Å². The van der Waals surface area contributed by atoms with Gasteiger partial charge in [-0.1, -0.05) is 0 Å². The van der Waals surface area contributed by atoms with Gasteiger partial charge in [0.15, 0.2) is 6.54 Å². The number of methoxy groups -OCH3 is 1. The van der Waals surface area contributed by atoms with Gasteiger partial charge in [0.1, 0.15) is 18.1 Å². The molecule has 0 unspecified atom stereocenters. The summed E-state index contributed by atoms with van der Waals surface area (Å²) in [6, 6.07) is 7.15. The molecule has 0 saturated carbocycles. The number of hydrogen-bond acceptors (Lipinski definition) is 2. The Morgan fingerprint density at radius 3 is 2.50 bits per heavy atom. The lowest BCUT2D eigenvalue weighted by atomic mass is 10.1. The number of aryl methyl sites for hydroxylation is 1. The Morgan fingerprint density at radius 2 is 2.00 bits per heavy atom. The zero-order valence-corrected chi connectivity index (χ0v) is 12.1. The molecule has 4 nitrogen and oxygen atoms in total. The Hall–Kier alpha value is -1.62. The maximum atomic E-state index is 12.0. The number of Topliss-reactive ketones (excluding diaryl/α,β-unsaturated/α-hetero) is 1. The van der Waals surface area contributed by atoms with E-state index in [0.717, 1.165) is 5.75 Å². The number of hydrogen-bond donors (Lipinski definition) is 0. The Balaban J connectivity index is 0.00000162. The van der Waals surface area contributed by atoms with E-state index in [2.05, 4.69) is 0 Å². The molecular weight excluding hydrogens is 296 g/mol. The van der Waals surface area contributed by atoms with Gasteiger partial charge in [0.05, 0.1) is 14.2 Å². The molecule has 0 N–H and O–H groups in total. The van der Waals surface area contributed by atoms with E-state index in [1.54, 1.807) is 31.4 Å². The molecule has 5 heteroatoms. The van der Waals surface area contributed by atoms with Crippen molar-refractivity contribution in [3.8, 4) is 5.75 Å². The average molecular weight is 312 g/mol. The first-order valence-corrected chi connectivity index (χ1v) is 5.37. The van der Waals surface area contributed by atoms with Gasteiger partial charge in [0.2, 0.25) is 12.1 Å². The number of nitrogens with zero attached hydrogens (tertiary/aromatic N) is 2. The summed E-state index contributed by atoms with van der Waals surface area (Å²) in [5, 5.41) is 0. The van der Waals surface area contributed by atoms with Gasteiger partial charge in [-0.05, 0) is 24.3 Å². The van der Waals surface area contributed by atoms with E-state index in [4.69, 9.17) is 4.74 Å². The molecule has 0 aliphatic heterocycles. The van der Waals surface area contributed by atoms with Crippen molar-refractivity contribution < 1.29 is 14.1 Å². The fraction of sp³-hybridized carbons (Fsp3) is 0.231. The second kappa shape index (κ2) is 6.35. The van der Waals surface area contributed by atoms with E-state index >= 15 is 0 Å². The Labute approximate surface area is 117 Å². The normalized spacial score (nSPS) is 9.67. The number of aromatic nitrogens is 2. The molecule has 1 aromatic carbocycles. The highest BCUT2D eigenvalue weighted by Crippen LogP contribution is 2.12. The van der Waals surface area contributed by atoms with Crippen molar-refractivity contribution in [3.63, 3.8) is 0 Å². The van der Waals surface area contributed by atoms with E-state index < -0.39 is 0 Å². The topological polar surface area (TPSA) is 35.1 Å². The Morgan fingerprint density at radius 1 is 1.33 bits per heavy atom. The highest BCUT2D eigenvalue weighted by atomic mass is 79.9. The molecule has 0 amide bonds. The van der Waals surface area contributed by atoms with Crippen LogP contribution in [-0.4, -0.2) is 17.5 Å². The summed E-state index contributed by atoms with van der Waals surface area (Å²) in [5.74, 6) is 0.845. The molecule has 0 aliphatic rings. The van der Waals surface area contributed by atoms with Crippen molar-refractivity contribution >= 4 is 22.8 Å². The molecule has 1 heterocycles. The van der Waals surface area contributed by atoms with Crippen LogP contribution in [0.2, 0.25) is 0 Å². The first-order chi connectivity index (χ1) is 8.19. The van der Waals surface area contributed by atoms with Crippen molar-refractivity contribution in [1.29, 1.82) is 0 Å². The smallest absolute Gasteiger partial charge is 0.243 e. The molecule has 0 saturated heterocycles. The highest BCUT2D eigenvalue weighted by molar-refractivity contribution is 8.93. The third kappa shape index (κ3) is 3.43. The maximum absolute atomic E-state index is 12.0. The lowest BCUT2D eigenvalue weighted by Crippen LogP contribution is -2.24. The van der Waals surface area contributed by atoms with Crippen LogP contribution in [0, 0.1) is 0 Å². The Kier molecular flexibility index (Phi) is 5.09. The molecule has 96 valence electrons. The predicted molar refractivity (Wildman–Crippen MR) is 73.3 cm³/mol. The third-order valence-corrected chi connectivity index (χ3v) is 2.56. The summed E-state index contributed by atoms with van der Waals surface area (Å²) in [5.41, 5.74) is 0.696. The van der Waals surface area contributed by atoms with Crippen molar-refractivity contribution in [1.82, 2.24) is 4.57 Å². The number of imidazole rings is 1. The molecule has 0 spiro atoms. The van der Waals surface area contributed by atoms with Crippen LogP contribution in [0.1, 0.15) is 10.4 Å². The van der Waals surface area contributed by atoms with Crippen molar-refractivity contribution in [2.75, 3.05) is 7.11 Å². The molecule has 2 aromatic rings. The van der Waals surface area contributed by atoms with E-state index in [1.165, 1.54) is 0 Å². The zero-order valence-electron chi connectivity index (χ0n) is 10.4. The zero-order chi connectivity index (χ0) is 12.3. The lowest BCUT2D eigenvalue weighted by molar-refractivity contribution is -0.671. The number of ether oxygens (including phenoxy) is 1. The Bertz CT molecular complexity index is 520. The first-order valence-electron chi connectivity index (χ1n) is 5.37. The molecule has 0 radical (unpaired) electrons. The minimum absolute atomic E-state index is 0. The van der Waals surface area contributed by atoms with Crippen molar-refractivity contribution in [2.45, 2.75) is 6.54 Å². The van der Waals surface area contributed by atoms with Gasteiger partial charge in [-0.3, -0.25) is 4.79 Å². The van der Waals surface area contributed by atoms with Crippen LogP contribution in [0.3, 0.4) is 0 Å². The number of halogens is 1. The van der Waals surface area contributed by atoms with Gasteiger partial charge in [0, 0.05) is 5.56 Å². The number of rotatable bonds is 4. The van der Waals surface area contributed by atoms with Crippen molar-refractivity contribution in [2.24, 2.45) is 7.05 Å². The molecule has 2 rings (SSSR count). The summed E-state index contributed by atoms with van der Waals surface area (Å²) >= 11 is 0. The lowest BCUT2D eigenvalue weighted by Gasteiger charge is -2.01. The molecule has 0 atom stereocenters. The van der Waals surface area contributed by atoms with Gasteiger partial charge >= 0.3 is 0 Å².